The SMILES string of the molecule is COC(=O)[C@H](NC(=O)CCC(=O)OCC(=O)[C@@]1(O)CC[C@@H]2[C@@H]3CCC4=CC(=O)CC[C@]4(C)[C@H]3[C@H](O)C[C@@]21C)c1ccccc1. The molecule has 0 bridgehead atoms. The lowest BCUT2D eigenvalue weighted by molar-refractivity contribution is -0.184. The van der Waals surface area contributed by atoms with Gasteiger partial charge in [0.15, 0.2) is 18.4 Å². The highest BCUT2D eigenvalue weighted by molar-refractivity contribution is 5.92. The number of Topliss-reactive ketones (excluding diaryl/α,β-unsaturated/α-hetero) is 1. The van der Waals surface area contributed by atoms with Crippen LogP contribution < -0.4 is 5.32 Å². The van der Waals surface area contributed by atoms with Crippen molar-refractivity contribution in [1.82, 2.24) is 5.32 Å². The molecule has 3 fully saturated rings. The van der Waals surface area contributed by atoms with Gasteiger partial charge in [0.05, 0.1) is 19.6 Å². The van der Waals surface area contributed by atoms with Crippen molar-refractivity contribution < 1.29 is 43.7 Å². The predicted molar refractivity (Wildman–Crippen MR) is 158 cm³/mol. The van der Waals surface area contributed by atoms with Crippen molar-refractivity contribution in [2.45, 2.75) is 89.4 Å². The van der Waals surface area contributed by atoms with Crippen LogP contribution in [0.25, 0.3) is 0 Å². The fourth-order valence-corrected chi connectivity index (χ4v) is 8.98. The van der Waals surface area contributed by atoms with Crippen LogP contribution in [-0.2, 0) is 33.4 Å². The molecule has 44 heavy (non-hydrogen) atoms. The normalized spacial score (nSPS) is 34.8. The van der Waals surface area contributed by atoms with Gasteiger partial charge in [0.25, 0.3) is 0 Å². The predicted octanol–water partition coefficient (Wildman–Crippen LogP) is 3.14. The third-order valence-electron chi connectivity index (χ3n) is 11.3. The lowest BCUT2D eigenvalue weighted by Crippen LogP contribution is -2.62. The van der Waals surface area contributed by atoms with E-state index >= 15 is 0 Å². The largest absolute Gasteiger partial charge is 0.467 e. The van der Waals surface area contributed by atoms with Crippen LogP contribution in [0.1, 0.15) is 83.2 Å². The standard InChI is InChI=1S/C34H43NO9/c1-32-15-13-22(36)17-21(32)9-10-23-24-14-16-34(42,33(24,2)18-25(37)29(23)32)26(38)19-44-28(40)12-11-27(39)35-30(31(41)43-3)20-7-5-4-6-8-20/h4-8,17,23-25,29-30,37,42H,9-16,18-19H2,1-3H3,(H,35,39)/t23-,24+,25+,29+,30+,32-,33-,34-/m0/s1. The first kappa shape index (κ1) is 32.0. The van der Waals surface area contributed by atoms with Crippen molar-refractivity contribution in [3.8, 4) is 0 Å². The topological polar surface area (TPSA) is 156 Å². The number of esters is 2. The molecule has 0 aromatic heterocycles. The van der Waals surface area contributed by atoms with Crippen molar-refractivity contribution in [2.24, 2.45) is 28.6 Å². The van der Waals surface area contributed by atoms with Crippen LogP contribution in [0.4, 0.5) is 0 Å². The van der Waals surface area contributed by atoms with Gasteiger partial charge in [0.2, 0.25) is 11.7 Å². The van der Waals surface area contributed by atoms with Crippen molar-refractivity contribution in [1.29, 1.82) is 0 Å². The Labute approximate surface area is 257 Å². The molecule has 0 heterocycles. The number of hydrogen-bond acceptors (Lipinski definition) is 9. The molecule has 0 aliphatic heterocycles. The van der Waals surface area contributed by atoms with Gasteiger partial charge in [-0.1, -0.05) is 49.8 Å². The van der Waals surface area contributed by atoms with Gasteiger partial charge in [0.1, 0.15) is 5.60 Å². The van der Waals surface area contributed by atoms with E-state index in [-0.39, 0.29) is 54.6 Å². The van der Waals surface area contributed by atoms with Crippen LogP contribution in [0.5, 0.6) is 0 Å². The summed E-state index contributed by atoms with van der Waals surface area (Å²) in [5.41, 5.74) is -1.28. The fourth-order valence-electron chi connectivity index (χ4n) is 8.98. The molecule has 1 aromatic carbocycles. The number of hydrogen-bond donors (Lipinski definition) is 3. The first-order chi connectivity index (χ1) is 20.8. The minimum absolute atomic E-state index is 0.00706. The first-order valence-electron chi connectivity index (χ1n) is 15.6. The number of ether oxygens (including phenoxy) is 2. The van der Waals surface area contributed by atoms with E-state index in [0.717, 1.165) is 18.4 Å². The number of ketones is 2. The van der Waals surface area contributed by atoms with E-state index in [4.69, 9.17) is 9.47 Å². The zero-order chi connectivity index (χ0) is 31.9. The number of aliphatic hydroxyl groups excluding tert-OH is 1. The number of allylic oxidation sites excluding steroid dienone is 1. The molecule has 8 atom stereocenters. The number of carbonyl (C=O) groups excluding carboxylic acids is 5. The molecule has 4 aliphatic rings. The van der Waals surface area contributed by atoms with Gasteiger partial charge >= 0.3 is 11.9 Å². The third kappa shape index (κ3) is 5.51. The maximum absolute atomic E-state index is 13.5. The molecule has 1 aromatic rings. The van der Waals surface area contributed by atoms with Crippen LogP contribution in [0.3, 0.4) is 0 Å². The average Bonchev–Trinajstić information content (AvgIpc) is 3.28. The van der Waals surface area contributed by atoms with E-state index < -0.39 is 53.4 Å². The number of fused-ring (bicyclic) bond motifs is 5. The quantitative estimate of drug-likeness (QED) is 0.358. The average molecular weight is 610 g/mol. The molecule has 238 valence electrons. The second-order valence-electron chi connectivity index (χ2n) is 13.5. The van der Waals surface area contributed by atoms with Crippen LogP contribution in [-0.4, -0.2) is 65.0 Å². The zero-order valence-electron chi connectivity index (χ0n) is 25.7. The highest BCUT2D eigenvalue weighted by atomic mass is 16.5. The number of carbonyl (C=O) groups is 5. The monoisotopic (exact) mass is 609 g/mol. The molecule has 3 saturated carbocycles. The van der Waals surface area contributed by atoms with E-state index in [1.54, 1.807) is 36.4 Å². The summed E-state index contributed by atoms with van der Waals surface area (Å²) in [5, 5.41) is 26.0. The van der Waals surface area contributed by atoms with E-state index in [9.17, 15) is 34.2 Å². The van der Waals surface area contributed by atoms with Gasteiger partial charge in [-0.3, -0.25) is 19.2 Å². The second kappa shape index (κ2) is 12.2. The Hall–Kier alpha value is -3.37. The number of methoxy groups -OCH3 is 1. The summed E-state index contributed by atoms with van der Waals surface area (Å²) < 4.78 is 10.0. The molecular formula is C34H43NO9. The van der Waals surface area contributed by atoms with E-state index in [1.165, 1.54) is 7.11 Å². The molecule has 1 amide bonds. The number of aliphatic hydroxyl groups is 2. The number of amides is 1. The zero-order valence-corrected chi connectivity index (χ0v) is 25.7. The summed E-state index contributed by atoms with van der Waals surface area (Å²) in [5.74, 6) is -2.39. The van der Waals surface area contributed by atoms with Gasteiger partial charge in [-0.2, -0.15) is 0 Å². The smallest absolute Gasteiger partial charge is 0.333 e. The Balaban J connectivity index is 1.18. The van der Waals surface area contributed by atoms with Gasteiger partial charge in [0, 0.05) is 18.3 Å². The highest BCUT2D eigenvalue weighted by Gasteiger charge is 2.68. The van der Waals surface area contributed by atoms with Crippen molar-refractivity contribution >= 4 is 29.4 Å². The Morgan fingerprint density at radius 3 is 2.48 bits per heavy atom. The van der Waals surface area contributed by atoms with Crippen molar-refractivity contribution in [2.75, 3.05) is 13.7 Å². The van der Waals surface area contributed by atoms with Gasteiger partial charge < -0.3 is 25.0 Å². The lowest BCUT2D eigenvalue weighted by atomic mass is 9.45. The number of benzene rings is 1. The Morgan fingerprint density at radius 1 is 1.05 bits per heavy atom. The molecule has 0 spiro atoms. The third-order valence-corrected chi connectivity index (χ3v) is 11.3. The van der Waals surface area contributed by atoms with Crippen LogP contribution in [0.15, 0.2) is 42.0 Å². The maximum Gasteiger partial charge on any atom is 0.333 e. The van der Waals surface area contributed by atoms with Crippen molar-refractivity contribution in [3.63, 3.8) is 0 Å². The summed E-state index contributed by atoms with van der Waals surface area (Å²) in [6.45, 7) is 3.39. The summed E-state index contributed by atoms with van der Waals surface area (Å²) >= 11 is 0. The van der Waals surface area contributed by atoms with E-state index in [2.05, 4.69) is 12.2 Å². The molecule has 0 unspecified atom stereocenters. The molecular weight excluding hydrogens is 566 g/mol. The first-order valence-corrected chi connectivity index (χ1v) is 15.6. The van der Waals surface area contributed by atoms with Crippen LogP contribution in [0.2, 0.25) is 0 Å². The number of nitrogens with one attached hydrogen (secondary N) is 1. The van der Waals surface area contributed by atoms with Crippen molar-refractivity contribution in [3.05, 3.63) is 47.5 Å². The maximum atomic E-state index is 13.5. The van der Waals surface area contributed by atoms with E-state index in [1.807, 2.05) is 6.92 Å². The Morgan fingerprint density at radius 2 is 1.77 bits per heavy atom. The molecule has 0 radical (unpaired) electrons. The van der Waals surface area contributed by atoms with Crippen LogP contribution in [0, 0.1) is 28.6 Å². The van der Waals surface area contributed by atoms with Gasteiger partial charge in [-0.05, 0) is 73.3 Å². The van der Waals surface area contributed by atoms with Gasteiger partial charge in [-0.15, -0.1) is 0 Å². The molecule has 4 aliphatic carbocycles. The van der Waals surface area contributed by atoms with Crippen LogP contribution >= 0.6 is 0 Å². The summed E-state index contributed by atoms with van der Waals surface area (Å²) in [7, 11) is 1.22. The summed E-state index contributed by atoms with van der Waals surface area (Å²) in [6.07, 6.45) is 4.25. The lowest BCUT2D eigenvalue weighted by Gasteiger charge is -2.60. The number of rotatable bonds is 9. The molecule has 10 nitrogen and oxygen atoms in total. The minimum atomic E-state index is -1.76. The molecule has 10 heteroatoms. The second-order valence-corrected chi connectivity index (χ2v) is 13.5. The van der Waals surface area contributed by atoms with E-state index in [0.29, 0.717) is 24.8 Å². The Bertz CT molecular complexity index is 1360. The molecule has 3 N–H and O–H groups in total. The molecule has 0 saturated heterocycles. The van der Waals surface area contributed by atoms with Gasteiger partial charge in [-0.25, -0.2) is 4.79 Å². The summed E-state index contributed by atoms with van der Waals surface area (Å²) in [6, 6.07) is 7.54. The summed E-state index contributed by atoms with van der Waals surface area (Å²) in [4.78, 5) is 62.9. The molecule has 5 rings (SSSR count). The highest BCUT2D eigenvalue weighted by Crippen LogP contribution is 2.67. The Kier molecular flexibility index (Phi) is 8.88. The fraction of sp³-hybridized carbons (Fsp3) is 0.618. The minimum Gasteiger partial charge on any atom is -0.467 e.